The van der Waals surface area contributed by atoms with Crippen molar-refractivity contribution in [3.8, 4) is 0 Å². The lowest BCUT2D eigenvalue weighted by Crippen LogP contribution is -2.35. The lowest BCUT2D eigenvalue weighted by molar-refractivity contribution is -0.117. The fraction of sp³-hybridized carbons (Fsp3) is 0.154. The average Bonchev–Trinajstić information content (AvgIpc) is 3.17. The lowest BCUT2D eigenvalue weighted by Gasteiger charge is -2.33. The first-order valence-electron chi connectivity index (χ1n) is 11.1. The lowest BCUT2D eigenvalue weighted by atomic mass is 10.2. The van der Waals surface area contributed by atoms with Gasteiger partial charge in [-0.3, -0.25) is 9.69 Å². The van der Waals surface area contributed by atoms with Gasteiger partial charge in [-0.25, -0.2) is 4.98 Å². The minimum atomic E-state index is -0.349. The summed E-state index contributed by atoms with van der Waals surface area (Å²) < 4.78 is 2.03. The third-order valence-corrected chi connectivity index (χ3v) is 8.37. The molecule has 3 heterocycles. The topological polar surface area (TPSA) is 63.9 Å². The number of anilines is 2. The molecule has 1 amide bonds. The van der Waals surface area contributed by atoms with E-state index in [0.29, 0.717) is 11.6 Å². The summed E-state index contributed by atoms with van der Waals surface area (Å²) in [6, 6.07) is 24.2. The Morgan fingerprint density at radius 1 is 0.941 bits per heavy atom. The van der Waals surface area contributed by atoms with E-state index in [9.17, 15) is 4.79 Å². The minimum Gasteiger partial charge on any atom is -0.327 e. The fourth-order valence-electron chi connectivity index (χ4n) is 4.36. The molecule has 0 aliphatic carbocycles. The van der Waals surface area contributed by atoms with Crippen molar-refractivity contribution in [1.82, 2.24) is 19.7 Å². The van der Waals surface area contributed by atoms with E-state index in [-0.39, 0.29) is 11.2 Å². The maximum Gasteiger partial charge on any atom is 0.245 e. The molecule has 168 valence electrons. The minimum absolute atomic E-state index is 0.0217. The number of aromatic nitrogens is 4. The van der Waals surface area contributed by atoms with Crippen LogP contribution in [0.2, 0.25) is 0 Å². The van der Waals surface area contributed by atoms with E-state index in [4.69, 9.17) is 4.98 Å². The molecule has 0 spiro atoms. The summed E-state index contributed by atoms with van der Waals surface area (Å²) >= 11 is 3.07. The zero-order valence-corrected chi connectivity index (χ0v) is 20.3. The summed E-state index contributed by atoms with van der Waals surface area (Å²) in [5, 5.41) is 10.1. The molecule has 0 fully saturated rings. The van der Waals surface area contributed by atoms with Gasteiger partial charge in [0.25, 0.3) is 0 Å². The molecule has 0 bridgehead atoms. The van der Waals surface area contributed by atoms with Crippen LogP contribution in [0, 0.1) is 0 Å². The SMILES string of the molecule is CC[C@@H](Sc1nnc2c3ccccc3n(C)c2n1)C(=O)N1c2ccccc2Sc2ccccc21. The van der Waals surface area contributed by atoms with Crippen LogP contribution in [0.5, 0.6) is 0 Å². The maximum atomic E-state index is 13.9. The van der Waals surface area contributed by atoms with Crippen LogP contribution < -0.4 is 4.90 Å². The van der Waals surface area contributed by atoms with Crippen molar-refractivity contribution in [2.75, 3.05) is 4.90 Å². The molecule has 0 N–H and O–H groups in total. The number of aryl methyl sites for hydroxylation is 1. The monoisotopic (exact) mass is 483 g/mol. The number of benzene rings is 3. The Hall–Kier alpha value is -3.36. The van der Waals surface area contributed by atoms with Gasteiger partial charge in [-0.15, -0.1) is 10.2 Å². The summed E-state index contributed by atoms with van der Waals surface area (Å²) in [6.45, 7) is 2.02. The average molecular weight is 484 g/mol. The highest BCUT2D eigenvalue weighted by molar-refractivity contribution is 8.00. The highest BCUT2D eigenvalue weighted by Crippen LogP contribution is 2.48. The number of para-hydroxylation sites is 3. The summed E-state index contributed by atoms with van der Waals surface area (Å²) in [5.74, 6) is 0.0217. The molecule has 5 aromatic rings. The fourth-order valence-corrected chi connectivity index (χ4v) is 6.28. The number of hydrogen-bond acceptors (Lipinski definition) is 6. The highest BCUT2D eigenvalue weighted by atomic mass is 32.2. The largest absolute Gasteiger partial charge is 0.327 e. The second-order valence-corrected chi connectivity index (χ2v) is 10.3. The van der Waals surface area contributed by atoms with Gasteiger partial charge in [0.1, 0.15) is 5.52 Å². The van der Waals surface area contributed by atoms with Crippen molar-refractivity contribution >= 4 is 62.9 Å². The molecular weight excluding hydrogens is 462 g/mol. The Balaban J connectivity index is 1.38. The van der Waals surface area contributed by atoms with E-state index in [1.54, 1.807) is 11.8 Å². The van der Waals surface area contributed by atoms with E-state index in [2.05, 4.69) is 22.3 Å². The van der Waals surface area contributed by atoms with Crippen molar-refractivity contribution in [1.29, 1.82) is 0 Å². The van der Waals surface area contributed by atoms with Gasteiger partial charge in [0.2, 0.25) is 11.1 Å². The second-order valence-electron chi connectivity index (χ2n) is 8.07. The number of carbonyl (C=O) groups excluding carboxylic acids is 1. The molecule has 3 aromatic carbocycles. The van der Waals surface area contributed by atoms with Crippen LogP contribution in [0.15, 0.2) is 87.7 Å². The number of amides is 1. The van der Waals surface area contributed by atoms with Crippen LogP contribution in [0.25, 0.3) is 22.1 Å². The standard InChI is InChI=1S/C26H21N5OS2/c1-3-20(34-26-27-24-23(28-29-26)16-10-4-5-11-17(16)30(24)2)25(32)31-18-12-6-8-14-21(18)33-22-15-9-7-13-19(22)31/h4-15,20H,3H2,1-2H3/t20-/m1/s1. The highest BCUT2D eigenvalue weighted by Gasteiger charge is 2.33. The number of carbonyl (C=O) groups is 1. The molecular formula is C26H21N5OS2. The third kappa shape index (κ3) is 3.36. The molecule has 6 rings (SSSR count). The first-order chi connectivity index (χ1) is 16.7. The Morgan fingerprint density at radius 3 is 2.29 bits per heavy atom. The third-order valence-electron chi connectivity index (χ3n) is 6.03. The molecule has 0 saturated heterocycles. The maximum absolute atomic E-state index is 13.9. The first kappa shape index (κ1) is 21.2. The van der Waals surface area contributed by atoms with Crippen molar-refractivity contribution in [3.05, 3.63) is 72.8 Å². The second kappa shape index (κ2) is 8.45. The van der Waals surface area contributed by atoms with Crippen LogP contribution in [-0.2, 0) is 11.8 Å². The van der Waals surface area contributed by atoms with Gasteiger partial charge in [0, 0.05) is 22.2 Å². The summed E-state index contributed by atoms with van der Waals surface area (Å²) in [7, 11) is 1.98. The van der Waals surface area contributed by atoms with Gasteiger partial charge in [-0.2, -0.15) is 0 Å². The van der Waals surface area contributed by atoms with Crippen LogP contribution in [-0.4, -0.2) is 30.9 Å². The molecule has 2 aromatic heterocycles. The van der Waals surface area contributed by atoms with E-state index >= 15 is 0 Å². The number of thioether (sulfide) groups is 1. The van der Waals surface area contributed by atoms with Gasteiger partial charge in [-0.1, -0.05) is 72.9 Å². The van der Waals surface area contributed by atoms with E-state index in [1.807, 2.05) is 84.1 Å². The molecule has 1 aliphatic rings. The molecule has 0 unspecified atom stereocenters. The zero-order valence-electron chi connectivity index (χ0n) is 18.7. The van der Waals surface area contributed by atoms with Crippen LogP contribution in [0.1, 0.15) is 13.3 Å². The molecule has 0 radical (unpaired) electrons. The summed E-state index contributed by atoms with van der Waals surface area (Å²) in [4.78, 5) is 22.7. The normalized spacial score (nSPS) is 13.6. The zero-order chi connectivity index (χ0) is 23.2. The Kier molecular flexibility index (Phi) is 5.27. The summed E-state index contributed by atoms with van der Waals surface area (Å²) in [5.41, 5.74) is 4.43. The Bertz CT molecular complexity index is 1520. The van der Waals surface area contributed by atoms with Gasteiger partial charge >= 0.3 is 0 Å². The number of hydrogen-bond donors (Lipinski definition) is 0. The number of nitrogens with zero attached hydrogens (tertiary/aromatic N) is 5. The van der Waals surface area contributed by atoms with E-state index in [1.165, 1.54) is 11.8 Å². The molecule has 0 saturated carbocycles. The first-order valence-corrected chi connectivity index (χ1v) is 12.8. The van der Waals surface area contributed by atoms with Gasteiger partial charge in [-0.05, 0) is 36.8 Å². The van der Waals surface area contributed by atoms with Crippen LogP contribution in [0.3, 0.4) is 0 Å². The van der Waals surface area contributed by atoms with Crippen molar-refractivity contribution < 1.29 is 4.79 Å². The van der Waals surface area contributed by atoms with Crippen molar-refractivity contribution in [3.63, 3.8) is 0 Å². The van der Waals surface area contributed by atoms with Gasteiger partial charge in [0.05, 0.1) is 22.1 Å². The predicted molar refractivity (Wildman–Crippen MR) is 138 cm³/mol. The molecule has 1 atom stereocenters. The number of rotatable bonds is 4. The van der Waals surface area contributed by atoms with Gasteiger partial charge < -0.3 is 4.57 Å². The molecule has 6 nitrogen and oxygen atoms in total. The quantitative estimate of drug-likeness (QED) is 0.283. The molecule has 34 heavy (non-hydrogen) atoms. The van der Waals surface area contributed by atoms with E-state index < -0.39 is 0 Å². The van der Waals surface area contributed by atoms with Crippen LogP contribution in [0.4, 0.5) is 11.4 Å². The van der Waals surface area contributed by atoms with Gasteiger partial charge in [0.15, 0.2) is 5.65 Å². The molecule has 1 aliphatic heterocycles. The van der Waals surface area contributed by atoms with Crippen molar-refractivity contribution in [2.24, 2.45) is 7.05 Å². The van der Waals surface area contributed by atoms with Crippen molar-refractivity contribution in [2.45, 2.75) is 33.5 Å². The smallest absolute Gasteiger partial charge is 0.245 e. The Morgan fingerprint density at radius 2 is 1.59 bits per heavy atom. The van der Waals surface area contributed by atoms with E-state index in [0.717, 1.165) is 43.2 Å². The van der Waals surface area contributed by atoms with Crippen LogP contribution >= 0.6 is 23.5 Å². The Labute approximate surface area is 205 Å². The predicted octanol–water partition coefficient (Wildman–Crippen LogP) is 6.22. The summed E-state index contributed by atoms with van der Waals surface area (Å²) in [6.07, 6.45) is 0.647. The number of fused-ring (bicyclic) bond motifs is 5. The molecule has 8 heteroatoms.